The summed E-state index contributed by atoms with van der Waals surface area (Å²) in [6, 6.07) is 4.68. The zero-order valence-electron chi connectivity index (χ0n) is 10.0. The monoisotopic (exact) mass is 238 g/mol. The summed E-state index contributed by atoms with van der Waals surface area (Å²) >= 11 is 5.90. The van der Waals surface area contributed by atoms with Gasteiger partial charge in [-0.25, -0.2) is 4.98 Å². The lowest BCUT2D eigenvalue weighted by molar-refractivity contribution is 0.449. The van der Waals surface area contributed by atoms with Crippen molar-refractivity contribution in [3.05, 3.63) is 23.0 Å². The SMILES string of the molecule is CCC1CCCCN1c1ccc(Cl)nc1C. The van der Waals surface area contributed by atoms with Crippen LogP contribution < -0.4 is 4.90 Å². The van der Waals surface area contributed by atoms with Crippen LogP contribution in [-0.4, -0.2) is 17.6 Å². The first-order chi connectivity index (χ1) is 7.72. The first-order valence-electron chi connectivity index (χ1n) is 6.12. The van der Waals surface area contributed by atoms with Gasteiger partial charge in [0.05, 0.1) is 11.4 Å². The maximum Gasteiger partial charge on any atom is 0.129 e. The molecule has 0 N–H and O–H groups in total. The molecule has 1 unspecified atom stereocenters. The number of halogens is 1. The van der Waals surface area contributed by atoms with Crippen LogP contribution in [0.1, 0.15) is 38.3 Å². The molecule has 1 atom stereocenters. The molecular weight excluding hydrogens is 220 g/mol. The topological polar surface area (TPSA) is 16.1 Å². The van der Waals surface area contributed by atoms with Crippen molar-refractivity contribution in [2.45, 2.75) is 45.6 Å². The van der Waals surface area contributed by atoms with Crippen LogP contribution in [-0.2, 0) is 0 Å². The Morgan fingerprint density at radius 1 is 1.44 bits per heavy atom. The smallest absolute Gasteiger partial charge is 0.129 e. The van der Waals surface area contributed by atoms with E-state index in [4.69, 9.17) is 11.6 Å². The predicted octanol–water partition coefficient (Wildman–Crippen LogP) is 3.81. The lowest BCUT2D eigenvalue weighted by atomic mass is 9.99. The fraction of sp³-hybridized carbons (Fsp3) is 0.615. The summed E-state index contributed by atoms with van der Waals surface area (Å²) in [4.78, 5) is 6.84. The van der Waals surface area contributed by atoms with Crippen LogP contribution in [0, 0.1) is 6.92 Å². The molecule has 2 nitrogen and oxygen atoms in total. The van der Waals surface area contributed by atoms with E-state index in [0.29, 0.717) is 11.2 Å². The van der Waals surface area contributed by atoms with Gasteiger partial charge in [-0.05, 0) is 44.7 Å². The number of anilines is 1. The molecule has 16 heavy (non-hydrogen) atoms. The van der Waals surface area contributed by atoms with E-state index in [2.05, 4.69) is 22.9 Å². The molecule has 1 aromatic heterocycles. The van der Waals surface area contributed by atoms with Crippen LogP contribution in [0.3, 0.4) is 0 Å². The van der Waals surface area contributed by atoms with Crippen LogP contribution in [0.5, 0.6) is 0 Å². The van der Waals surface area contributed by atoms with Crippen molar-refractivity contribution < 1.29 is 0 Å². The number of piperidine rings is 1. The molecular formula is C13H19ClN2. The van der Waals surface area contributed by atoms with Gasteiger partial charge in [0.15, 0.2) is 0 Å². The molecule has 2 heterocycles. The van der Waals surface area contributed by atoms with E-state index in [1.807, 2.05) is 13.0 Å². The van der Waals surface area contributed by atoms with Crippen molar-refractivity contribution >= 4 is 17.3 Å². The molecule has 3 heteroatoms. The quantitative estimate of drug-likeness (QED) is 0.729. The maximum absolute atomic E-state index is 5.90. The lowest BCUT2D eigenvalue weighted by Crippen LogP contribution is -2.39. The van der Waals surface area contributed by atoms with Crippen molar-refractivity contribution in [1.82, 2.24) is 4.98 Å². The molecule has 1 aliphatic rings. The van der Waals surface area contributed by atoms with Gasteiger partial charge in [-0.15, -0.1) is 0 Å². The molecule has 1 aromatic rings. The minimum absolute atomic E-state index is 0.589. The molecule has 0 radical (unpaired) electrons. The first kappa shape index (κ1) is 11.7. The summed E-state index contributed by atoms with van der Waals surface area (Å²) in [5.74, 6) is 0. The van der Waals surface area contributed by atoms with Crippen LogP contribution in [0.2, 0.25) is 5.15 Å². The van der Waals surface area contributed by atoms with Crippen molar-refractivity contribution in [1.29, 1.82) is 0 Å². The Kier molecular flexibility index (Phi) is 3.70. The molecule has 1 saturated heterocycles. The van der Waals surface area contributed by atoms with Gasteiger partial charge in [0.2, 0.25) is 0 Å². The van der Waals surface area contributed by atoms with Gasteiger partial charge in [0.1, 0.15) is 5.15 Å². The molecule has 0 amide bonds. The Labute approximate surface area is 103 Å². The third-order valence-electron chi connectivity index (χ3n) is 3.43. The summed E-state index contributed by atoms with van der Waals surface area (Å²) in [6.45, 7) is 5.47. The highest BCUT2D eigenvalue weighted by atomic mass is 35.5. The number of aryl methyl sites for hydroxylation is 1. The molecule has 88 valence electrons. The molecule has 1 aliphatic heterocycles. The molecule has 2 rings (SSSR count). The van der Waals surface area contributed by atoms with E-state index in [0.717, 1.165) is 12.2 Å². The van der Waals surface area contributed by atoms with Gasteiger partial charge < -0.3 is 4.90 Å². The maximum atomic E-state index is 5.90. The number of pyridine rings is 1. The van der Waals surface area contributed by atoms with E-state index < -0.39 is 0 Å². The number of hydrogen-bond donors (Lipinski definition) is 0. The van der Waals surface area contributed by atoms with Crippen molar-refractivity contribution in [2.75, 3.05) is 11.4 Å². The van der Waals surface area contributed by atoms with Crippen LogP contribution in [0.4, 0.5) is 5.69 Å². The average molecular weight is 239 g/mol. The fourth-order valence-electron chi connectivity index (χ4n) is 2.57. The van der Waals surface area contributed by atoms with E-state index in [1.54, 1.807) is 0 Å². The summed E-state index contributed by atoms with van der Waals surface area (Å²) in [5.41, 5.74) is 2.31. The van der Waals surface area contributed by atoms with Gasteiger partial charge >= 0.3 is 0 Å². The highest BCUT2D eigenvalue weighted by Crippen LogP contribution is 2.28. The Morgan fingerprint density at radius 3 is 2.94 bits per heavy atom. The summed E-state index contributed by atoms with van der Waals surface area (Å²) < 4.78 is 0. The third kappa shape index (κ3) is 2.32. The minimum atomic E-state index is 0.589. The minimum Gasteiger partial charge on any atom is -0.367 e. The van der Waals surface area contributed by atoms with E-state index in [1.165, 1.54) is 31.4 Å². The first-order valence-corrected chi connectivity index (χ1v) is 6.50. The molecule has 0 aliphatic carbocycles. The van der Waals surface area contributed by atoms with Crippen molar-refractivity contribution in [2.24, 2.45) is 0 Å². The second-order valence-electron chi connectivity index (χ2n) is 4.49. The third-order valence-corrected chi connectivity index (χ3v) is 3.64. The molecule has 0 aromatic carbocycles. The van der Waals surface area contributed by atoms with Crippen LogP contribution >= 0.6 is 11.6 Å². The molecule has 0 saturated carbocycles. The Morgan fingerprint density at radius 2 is 2.25 bits per heavy atom. The normalized spacial score (nSPS) is 21.2. The van der Waals surface area contributed by atoms with E-state index in [-0.39, 0.29) is 0 Å². The zero-order chi connectivity index (χ0) is 11.5. The Bertz CT molecular complexity index is 365. The largest absolute Gasteiger partial charge is 0.367 e. The Balaban J connectivity index is 2.27. The molecule has 1 fully saturated rings. The van der Waals surface area contributed by atoms with Crippen LogP contribution in [0.15, 0.2) is 12.1 Å². The molecule has 0 bridgehead atoms. The Hall–Kier alpha value is -0.760. The van der Waals surface area contributed by atoms with Crippen molar-refractivity contribution in [3.8, 4) is 0 Å². The standard InChI is InChI=1S/C13H19ClN2/c1-3-11-6-4-5-9-16(11)12-7-8-13(14)15-10(12)2/h7-8,11H,3-6,9H2,1-2H3. The van der Waals surface area contributed by atoms with E-state index >= 15 is 0 Å². The van der Waals surface area contributed by atoms with Gasteiger partial charge in [-0.3, -0.25) is 0 Å². The summed E-state index contributed by atoms with van der Waals surface area (Å²) in [6.07, 6.45) is 5.16. The predicted molar refractivity (Wildman–Crippen MR) is 69.3 cm³/mol. The van der Waals surface area contributed by atoms with Gasteiger partial charge in [0.25, 0.3) is 0 Å². The highest BCUT2D eigenvalue weighted by molar-refractivity contribution is 6.29. The second-order valence-corrected chi connectivity index (χ2v) is 4.88. The number of hydrogen-bond acceptors (Lipinski definition) is 2. The second kappa shape index (κ2) is 5.05. The average Bonchev–Trinajstić information content (AvgIpc) is 2.29. The fourth-order valence-corrected chi connectivity index (χ4v) is 2.76. The number of aromatic nitrogens is 1. The number of nitrogens with zero attached hydrogens (tertiary/aromatic N) is 2. The number of rotatable bonds is 2. The highest BCUT2D eigenvalue weighted by Gasteiger charge is 2.22. The molecule has 0 spiro atoms. The van der Waals surface area contributed by atoms with Crippen LogP contribution in [0.25, 0.3) is 0 Å². The van der Waals surface area contributed by atoms with Gasteiger partial charge in [-0.2, -0.15) is 0 Å². The van der Waals surface area contributed by atoms with Gasteiger partial charge in [0, 0.05) is 12.6 Å². The van der Waals surface area contributed by atoms with Crippen molar-refractivity contribution in [3.63, 3.8) is 0 Å². The lowest BCUT2D eigenvalue weighted by Gasteiger charge is -2.37. The summed E-state index contributed by atoms with van der Waals surface area (Å²) in [5, 5.41) is 0.589. The summed E-state index contributed by atoms with van der Waals surface area (Å²) in [7, 11) is 0. The zero-order valence-corrected chi connectivity index (χ0v) is 10.8. The van der Waals surface area contributed by atoms with Gasteiger partial charge in [-0.1, -0.05) is 18.5 Å². The van der Waals surface area contributed by atoms with E-state index in [9.17, 15) is 0 Å².